The first-order chi connectivity index (χ1) is 22.5. The number of amides is 1. The standard InChI is InChI=1S/C35H33ClN6O4S/c1-18-19(2)47-35-29(18)31(21-9-11-22(36)12-10-21)37-26(32-39-38-20(3)42(32)35)17-28(43)46-16-15-41-33(44)24-8-6-7-23-27(40(4)5)14-13-25(30(23)24)34(41)45/h6-14,26,34,45H,15-17H2,1-5H3/t26-,34?/m0/s1. The van der Waals surface area contributed by atoms with E-state index in [2.05, 4.69) is 24.0 Å². The molecule has 1 amide bonds. The fourth-order valence-electron chi connectivity index (χ4n) is 6.47. The largest absolute Gasteiger partial charge is 0.464 e. The van der Waals surface area contributed by atoms with E-state index in [4.69, 9.17) is 21.3 Å². The van der Waals surface area contributed by atoms with E-state index in [-0.39, 0.29) is 25.5 Å². The number of aliphatic hydroxyl groups excluding tert-OH is 1. The smallest absolute Gasteiger partial charge is 0.308 e. The number of rotatable bonds is 7. The van der Waals surface area contributed by atoms with Crippen LogP contribution in [-0.4, -0.2) is 69.6 Å². The van der Waals surface area contributed by atoms with Crippen molar-refractivity contribution in [3.63, 3.8) is 0 Å². The van der Waals surface area contributed by atoms with Crippen LogP contribution < -0.4 is 4.90 Å². The van der Waals surface area contributed by atoms with E-state index in [9.17, 15) is 14.7 Å². The molecular weight excluding hydrogens is 636 g/mol. The Hall–Kier alpha value is -4.58. The lowest BCUT2D eigenvalue weighted by atomic mass is 9.92. The number of carbonyl (C=O) groups excluding carboxylic acids is 2. The lowest BCUT2D eigenvalue weighted by molar-refractivity contribution is -0.145. The van der Waals surface area contributed by atoms with Crippen LogP contribution in [0.5, 0.6) is 0 Å². The van der Waals surface area contributed by atoms with Crippen molar-refractivity contribution in [1.29, 1.82) is 0 Å². The van der Waals surface area contributed by atoms with E-state index in [0.717, 1.165) is 48.7 Å². The molecule has 2 aliphatic rings. The van der Waals surface area contributed by atoms with Gasteiger partial charge in [0.15, 0.2) is 12.1 Å². The van der Waals surface area contributed by atoms with Crippen molar-refractivity contribution in [1.82, 2.24) is 19.7 Å². The van der Waals surface area contributed by atoms with Gasteiger partial charge in [-0.25, -0.2) is 0 Å². The average molecular weight is 669 g/mol. The Morgan fingerprint density at radius 3 is 2.57 bits per heavy atom. The number of hydrogen-bond donors (Lipinski definition) is 1. The molecule has 1 N–H and O–H groups in total. The summed E-state index contributed by atoms with van der Waals surface area (Å²) in [6.07, 6.45) is -1.26. The lowest BCUT2D eigenvalue weighted by Crippen LogP contribution is -2.40. The minimum absolute atomic E-state index is 0.0198. The summed E-state index contributed by atoms with van der Waals surface area (Å²) in [5.74, 6) is 0.425. The highest BCUT2D eigenvalue weighted by Crippen LogP contribution is 2.41. The zero-order valence-electron chi connectivity index (χ0n) is 26.6. The zero-order valence-corrected chi connectivity index (χ0v) is 28.2. The fourth-order valence-corrected chi connectivity index (χ4v) is 7.81. The Morgan fingerprint density at radius 2 is 1.83 bits per heavy atom. The third-order valence-electron chi connectivity index (χ3n) is 8.91. The SMILES string of the molecule is Cc1sc2c(c1C)C(c1ccc(Cl)cc1)=N[C@@H](CC(=O)OCCN1C(=O)c3cccc4c(N(C)C)ccc(c34)C1O)c1nnc(C)n1-2. The number of halogens is 1. The molecule has 5 aromatic rings. The van der Waals surface area contributed by atoms with Crippen molar-refractivity contribution in [2.75, 3.05) is 32.1 Å². The summed E-state index contributed by atoms with van der Waals surface area (Å²) in [5, 5.41) is 23.3. The number of carbonyl (C=O) groups is 2. The average Bonchev–Trinajstić information content (AvgIpc) is 3.53. The van der Waals surface area contributed by atoms with Crippen molar-refractivity contribution in [2.45, 2.75) is 39.5 Å². The molecule has 0 fully saturated rings. The second-order valence-corrected chi connectivity index (χ2v) is 13.6. The van der Waals surface area contributed by atoms with Crippen molar-refractivity contribution in [2.24, 2.45) is 4.99 Å². The van der Waals surface area contributed by atoms with Crippen LogP contribution in [0.15, 0.2) is 59.6 Å². The first-order valence-corrected chi connectivity index (χ1v) is 16.5. The molecule has 2 aliphatic heterocycles. The number of aliphatic imine (C=N–C) groups is 1. The van der Waals surface area contributed by atoms with Crippen LogP contribution in [-0.2, 0) is 9.53 Å². The normalized spacial score (nSPS) is 16.9. The van der Waals surface area contributed by atoms with Crippen LogP contribution >= 0.6 is 22.9 Å². The van der Waals surface area contributed by atoms with E-state index in [1.54, 1.807) is 17.4 Å². The maximum Gasteiger partial charge on any atom is 0.308 e. The Labute approximate surface area is 280 Å². The van der Waals surface area contributed by atoms with Gasteiger partial charge in [-0.1, -0.05) is 41.9 Å². The maximum absolute atomic E-state index is 13.6. The molecule has 0 spiro atoms. The van der Waals surface area contributed by atoms with Gasteiger partial charge >= 0.3 is 5.97 Å². The molecule has 0 saturated heterocycles. The Morgan fingerprint density at radius 1 is 1.06 bits per heavy atom. The van der Waals surface area contributed by atoms with Gasteiger partial charge in [-0.15, -0.1) is 21.5 Å². The molecular formula is C35H33ClN6O4S. The highest BCUT2D eigenvalue weighted by atomic mass is 35.5. The predicted octanol–water partition coefficient (Wildman–Crippen LogP) is 6.10. The first-order valence-electron chi connectivity index (χ1n) is 15.3. The van der Waals surface area contributed by atoms with Crippen LogP contribution in [0.2, 0.25) is 5.02 Å². The second-order valence-electron chi connectivity index (χ2n) is 12.0. The summed E-state index contributed by atoms with van der Waals surface area (Å²) in [4.78, 5) is 36.5. The van der Waals surface area contributed by atoms with Crippen LogP contribution in [0.1, 0.15) is 67.8 Å². The van der Waals surface area contributed by atoms with Gasteiger partial charge in [0.05, 0.1) is 18.7 Å². The molecule has 2 aromatic heterocycles. The maximum atomic E-state index is 13.6. The monoisotopic (exact) mass is 668 g/mol. The number of ether oxygens (including phenoxy) is 1. The lowest BCUT2D eigenvalue weighted by Gasteiger charge is -2.34. The van der Waals surface area contributed by atoms with E-state index in [0.29, 0.717) is 27.8 Å². The molecule has 0 aliphatic carbocycles. The van der Waals surface area contributed by atoms with Gasteiger partial charge in [0.2, 0.25) is 0 Å². The zero-order chi connectivity index (χ0) is 33.1. The summed E-state index contributed by atoms with van der Waals surface area (Å²) in [7, 11) is 3.88. The van der Waals surface area contributed by atoms with Crippen LogP contribution in [0.25, 0.3) is 15.8 Å². The first kappa shape index (κ1) is 31.0. The summed E-state index contributed by atoms with van der Waals surface area (Å²) < 4.78 is 7.66. The van der Waals surface area contributed by atoms with Crippen molar-refractivity contribution in [3.05, 3.63) is 104 Å². The van der Waals surface area contributed by atoms with Gasteiger partial charge in [0.25, 0.3) is 5.91 Å². The quantitative estimate of drug-likeness (QED) is 0.209. The van der Waals surface area contributed by atoms with E-state index >= 15 is 0 Å². The molecule has 47 heavy (non-hydrogen) atoms. The second kappa shape index (κ2) is 11.9. The number of aliphatic hydroxyl groups is 1. The number of fused-ring (bicyclic) bond motifs is 3. The Balaban J connectivity index is 1.13. The molecule has 0 radical (unpaired) electrons. The molecule has 4 heterocycles. The highest BCUT2D eigenvalue weighted by Gasteiger charge is 2.35. The van der Waals surface area contributed by atoms with E-state index in [1.165, 1.54) is 4.90 Å². The number of aryl methyl sites for hydroxylation is 2. The number of aromatic nitrogens is 3. The molecule has 1 unspecified atom stereocenters. The molecule has 12 heteroatoms. The van der Waals surface area contributed by atoms with Crippen molar-refractivity contribution < 1.29 is 19.4 Å². The third-order valence-corrected chi connectivity index (χ3v) is 10.4. The number of hydrogen-bond acceptors (Lipinski definition) is 9. The van der Waals surface area contributed by atoms with Gasteiger partial charge in [-0.3, -0.25) is 19.1 Å². The summed E-state index contributed by atoms with van der Waals surface area (Å²) in [6, 6.07) is 16.2. The van der Waals surface area contributed by atoms with Gasteiger partial charge in [-0.2, -0.15) is 0 Å². The summed E-state index contributed by atoms with van der Waals surface area (Å²) >= 11 is 7.85. The molecule has 10 nitrogen and oxygen atoms in total. The number of esters is 1. The predicted molar refractivity (Wildman–Crippen MR) is 183 cm³/mol. The number of nitrogens with zero attached hydrogens (tertiary/aromatic N) is 6. The van der Waals surface area contributed by atoms with Gasteiger partial charge in [0.1, 0.15) is 23.5 Å². The topological polar surface area (TPSA) is 113 Å². The van der Waals surface area contributed by atoms with E-state index < -0.39 is 18.2 Å². The van der Waals surface area contributed by atoms with Crippen molar-refractivity contribution >= 4 is 57.0 Å². The van der Waals surface area contributed by atoms with Crippen LogP contribution in [0.3, 0.4) is 0 Å². The van der Waals surface area contributed by atoms with Crippen LogP contribution in [0.4, 0.5) is 5.69 Å². The van der Waals surface area contributed by atoms with Crippen molar-refractivity contribution in [3.8, 4) is 5.00 Å². The minimum Gasteiger partial charge on any atom is -0.464 e. The number of anilines is 1. The van der Waals surface area contributed by atoms with Gasteiger partial charge in [0, 0.05) is 62.7 Å². The number of thiophene rings is 1. The fraction of sp³-hybridized carbons (Fsp3) is 0.286. The highest BCUT2D eigenvalue weighted by molar-refractivity contribution is 7.15. The molecule has 7 rings (SSSR count). The van der Waals surface area contributed by atoms with Gasteiger partial charge in [-0.05, 0) is 50.6 Å². The molecule has 3 aromatic carbocycles. The molecule has 0 bridgehead atoms. The molecule has 240 valence electrons. The van der Waals surface area contributed by atoms with Gasteiger partial charge < -0.3 is 19.6 Å². The van der Waals surface area contributed by atoms with E-state index in [1.807, 2.05) is 79.0 Å². The summed E-state index contributed by atoms with van der Waals surface area (Å²) in [5.41, 5.74) is 5.79. The molecule has 2 atom stereocenters. The third kappa shape index (κ3) is 5.18. The Bertz CT molecular complexity index is 2100. The Kier molecular flexibility index (Phi) is 7.86. The van der Waals surface area contributed by atoms with Crippen LogP contribution in [0, 0.1) is 20.8 Å². The number of benzene rings is 3. The summed E-state index contributed by atoms with van der Waals surface area (Å²) in [6.45, 7) is 5.95. The molecule has 0 saturated carbocycles. The minimum atomic E-state index is -1.17.